The van der Waals surface area contributed by atoms with Crippen molar-refractivity contribution in [2.24, 2.45) is 0 Å². The molecule has 1 saturated heterocycles. The molecule has 2 heterocycles. The molecule has 0 amide bonds. The van der Waals surface area contributed by atoms with Crippen LogP contribution < -0.4 is 4.74 Å². The number of piperidine rings is 1. The molecule has 0 radical (unpaired) electrons. The molecule has 0 saturated carbocycles. The Morgan fingerprint density at radius 1 is 1.32 bits per heavy atom. The summed E-state index contributed by atoms with van der Waals surface area (Å²) >= 11 is 6.24. The third-order valence-electron chi connectivity index (χ3n) is 4.52. The first kappa shape index (κ1) is 15.3. The monoisotopic (exact) mass is 320 g/mol. The van der Waals surface area contributed by atoms with E-state index < -0.39 is 0 Å². The number of ether oxygens (including phenoxy) is 1. The molecule has 1 aromatic carbocycles. The largest absolute Gasteiger partial charge is 0.495 e. The standard InChI is InChI=1S/C16H21ClN4O/c1-12(13-3-4-16(22-2)15(17)9-13)20-7-5-14(6-8-20)21-11-18-10-19-21/h3-4,9-12,14H,5-8H2,1-2H3/t12-/m1/s1. The first-order valence-corrected chi connectivity index (χ1v) is 7.98. The van der Waals surface area contributed by atoms with Crippen LogP contribution >= 0.6 is 11.6 Å². The molecule has 1 fully saturated rings. The number of halogens is 1. The fourth-order valence-electron chi connectivity index (χ4n) is 3.10. The summed E-state index contributed by atoms with van der Waals surface area (Å²) in [6.45, 7) is 4.33. The highest BCUT2D eigenvalue weighted by Gasteiger charge is 2.25. The summed E-state index contributed by atoms with van der Waals surface area (Å²) in [6, 6.07) is 6.86. The summed E-state index contributed by atoms with van der Waals surface area (Å²) in [5.74, 6) is 0.725. The summed E-state index contributed by atoms with van der Waals surface area (Å²) in [6.07, 6.45) is 5.61. The number of hydrogen-bond acceptors (Lipinski definition) is 4. The van der Waals surface area contributed by atoms with Crippen molar-refractivity contribution in [1.82, 2.24) is 19.7 Å². The Balaban J connectivity index is 1.64. The van der Waals surface area contributed by atoms with Gasteiger partial charge in [0, 0.05) is 19.1 Å². The highest BCUT2D eigenvalue weighted by Crippen LogP contribution is 2.32. The van der Waals surface area contributed by atoms with Crippen LogP contribution in [-0.4, -0.2) is 39.9 Å². The SMILES string of the molecule is COc1ccc([C@@H](C)N2CCC(n3cncn3)CC2)cc1Cl. The zero-order chi connectivity index (χ0) is 15.5. The van der Waals surface area contributed by atoms with E-state index in [0.29, 0.717) is 17.1 Å². The van der Waals surface area contributed by atoms with E-state index in [4.69, 9.17) is 16.3 Å². The maximum absolute atomic E-state index is 6.24. The summed E-state index contributed by atoms with van der Waals surface area (Å²) in [5.41, 5.74) is 1.23. The van der Waals surface area contributed by atoms with Crippen LogP contribution in [0.5, 0.6) is 5.75 Å². The third-order valence-corrected chi connectivity index (χ3v) is 4.81. The van der Waals surface area contributed by atoms with Crippen LogP contribution in [0.3, 0.4) is 0 Å². The topological polar surface area (TPSA) is 43.2 Å². The smallest absolute Gasteiger partial charge is 0.137 e. The lowest BCUT2D eigenvalue weighted by Crippen LogP contribution is -2.36. The number of rotatable bonds is 4. The second-order valence-electron chi connectivity index (χ2n) is 5.71. The van der Waals surface area contributed by atoms with Gasteiger partial charge in [0.2, 0.25) is 0 Å². The van der Waals surface area contributed by atoms with E-state index in [1.165, 1.54) is 5.56 Å². The first-order valence-electron chi connectivity index (χ1n) is 7.60. The molecule has 0 N–H and O–H groups in total. The summed E-state index contributed by atoms with van der Waals surface area (Å²) in [7, 11) is 1.64. The van der Waals surface area contributed by atoms with Crippen LogP contribution in [0.4, 0.5) is 0 Å². The lowest BCUT2D eigenvalue weighted by atomic mass is 10.0. The Bertz CT molecular complexity index is 609. The summed E-state index contributed by atoms with van der Waals surface area (Å²) < 4.78 is 7.20. The summed E-state index contributed by atoms with van der Waals surface area (Å²) in [5, 5.41) is 4.93. The number of nitrogens with zero attached hydrogens (tertiary/aromatic N) is 4. The van der Waals surface area contributed by atoms with Crippen molar-refractivity contribution in [2.75, 3.05) is 20.2 Å². The maximum atomic E-state index is 6.24. The first-order chi connectivity index (χ1) is 10.7. The number of aromatic nitrogens is 3. The van der Waals surface area contributed by atoms with Gasteiger partial charge in [-0.25, -0.2) is 9.67 Å². The van der Waals surface area contributed by atoms with E-state index >= 15 is 0 Å². The lowest BCUT2D eigenvalue weighted by Gasteiger charge is -2.36. The molecule has 1 aromatic heterocycles. The molecule has 0 bridgehead atoms. The van der Waals surface area contributed by atoms with Crippen molar-refractivity contribution >= 4 is 11.6 Å². The molecule has 118 valence electrons. The van der Waals surface area contributed by atoms with Crippen molar-refractivity contribution in [3.05, 3.63) is 41.4 Å². The van der Waals surface area contributed by atoms with Gasteiger partial charge in [0.25, 0.3) is 0 Å². The van der Waals surface area contributed by atoms with Gasteiger partial charge in [0.15, 0.2) is 0 Å². The third kappa shape index (κ3) is 3.10. The minimum Gasteiger partial charge on any atom is -0.495 e. The molecule has 1 aliphatic rings. The molecule has 0 unspecified atom stereocenters. The van der Waals surface area contributed by atoms with Gasteiger partial charge in [-0.3, -0.25) is 4.90 Å². The van der Waals surface area contributed by atoms with Gasteiger partial charge in [0.1, 0.15) is 18.4 Å². The second-order valence-corrected chi connectivity index (χ2v) is 6.12. The van der Waals surface area contributed by atoms with Crippen molar-refractivity contribution < 1.29 is 4.74 Å². The second kappa shape index (κ2) is 6.67. The van der Waals surface area contributed by atoms with Crippen molar-refractivity contribution in [2.45, 2.75) is 31.8 Å². The molecule has 6 heteroatoms. The van der Waals surface area contributed by atoms with Crippen molar-refractivity contribution in [1.29, 1.82) is 0 Å². The molecule has 22 heavy (non-hydrogen) atoms. The fraction of sp³-hybridized carbons (Fsp3) is 0.500. The highest BCUT2D eigenvalue weighted by atomic mass is 35.5. The van der Waals surface area contributed by atoms with Crippen LogP contribution in [0.25, 0.3) is 0 Å². The molecule has 3 rings (SSSR count). The molecular formula is C16H21ClN4O. The van der Waals surface area contributed by atoms with Crippen LogP contribution in [-0.2, 0) is 0 Å². The number of likely N-dealkylation sites (tertiary alicyclic amines) is 1. The normalized spacial score (nSPS) is 18.3. The zero-order valence-corrected chi connectivity index (χ0v) is 13.7. The van der Waals surface area contributed by atoms with E-state index in [2.05, 4.69) is 28.0 Å². The molecular weight excluding hydrogens is 300 g/mol. The fourth-order valence-corrected chi connectivity index (χ4v) is 3.36. The minimum atomic E-state index is 0.347. The van der Waals surface area contributed by atoms with Crippen molar-refractivity contribution in [3.8, 4) is 5.75 Å². The Hall–Kier alpha value is -1.59. The Morgan fingerprint density at radius 3 is 2.68 bits per heavy atom. The van der Waals surface area contributed by atoms with Gasteiger partial charge in [-0.05, 0) is 37.5 Å². The van der Waals surface area contributed by atoms with Gasteiger partial charge in [-0.2, -0.15) is 5.10 Å². The van der Waals surface area contributed by atoms with Gasteiger partial charge in [-0.1, -0.05) is 17.7 Å². The van der Waals surface area contributed by atoms with Crippen LogP contribution in [0.2, 0.25) is 5.02 Å². The van der Waals surface area contributed by atoms with E-state index in [9.17, 15) is 0 Å². The molecule has 5 nitrogen and oxygen atoms in total. The molecule has 0 spiro atoms. The summed E-state index contributed by atoms with van der Waals surface area (Å²) in [4.78, 5) is 6.53. The van der Waals surface area contributed by atoms with E-state index in [0.717, 1.165) is 31.7 Å². The Morgan fingerprint density at radius 2 is 2.09 bits per heavy atom. The van der Waals surface area contributed by atoms with Gasteiger partial charge >= 0.3 is 0 Å². The average Bonchev–Trinajstić information content (AvgIpc) is 3.09. The number of methoxy groups -OCH3 is 1. The Labute approximate surface area is 135 Å². The van der Waals surface area contributed by atoms with E-state index in [1.807, 2.05) is 23.1 Å². The minimum absolute atomic E-state index is 0.347. The molecule has 1 aliphatic heterocycles. The molecule has 1 atom stereocenters. The highest BCUT2D eigenvalue weighted by molar-refractivity contribution is 6.32. The Kier molecular flexibility index (Phi) is 4.64. The van der Waals surface area contributed by atoms with Gasteiger partial charge < -0.3 is 4.74 Å². The average molecular weight is 321 g/mol. The molecule has 2 aromatic rings. The lowest BCUT2D eigenvalue weighted by molar-refractivity contribution is 0.139. The van der Waals surface area contributed by atoms with Crippen molar-refractivity contribution in [3.63, 3.8) is 0 Å². The predicted molar refractivity (Wildman–Crippen MR) is 86.3 cm³/mol. The zero-order valence-electron chi connectivity index (χ0n) is 12.9. The molecule has 0 aliphatic carbocycles. The van der Waals surface area contributed by atoms with Crippen LogP contribution in [0, 0.1) is 0 Å². The van der Waals surface area contributed by atoms with Crippen LogP contribution in [0.1, 0.15) is 37.4 Å². The number of benzene rings is 1. The van der Waals surface area contributed by atoms with Crippen LogP contribution in [0.15, 0.2) is 30.9 Å². The van der Waals surface area contributed by atoms with Gasteiger partial charge in [0.05, 0.1) is 18.2 Å². The number of hydrogen-bond donors (Lipinski definition) is 0. The van der Waals surface area contributed by atoms with E-state index in [-0.39, 0.29) is 0 Å². The van der Waals surface area contributed by atoms with Gasteiger partial charge in [-0.15, -0.1) is 0 Å². The van der Waals surface area contributed by atoms with E-state index in [1.54, 1.807) is 13.4 Å². The maximum Gasteiger partial charge on any atom is 0.137 e. The quantitative estimate of drug-likeness (QED) is 0.866. The predicted octanol–water partition coefficient (Wildman–Crippen LogP) is 3.34.